The van der Waals surface area contributed by atoms with Crippen LogP contribution in [0.4, 0.5) is 5.69 Å². The zero-order valence-corrected chi connectivity index (χ0v) is 12.0. The Morgan fingerprint density at radius 3 is 2.57 bits per heavy atom. The summed E-state index contributed by atoms with van der Waals surface area (Å²) in [5, 5.41) is 0. The summed E-state index contributed by atoms with van der Waals surface area (Å²) in [5.74, 6) is 2.24. The van der Waals surface area contributed by atoms with Crippen LogP contribution in [-0.2, 0) is 6.42 Å². The summed E-state index contributed by atoms with van der Waals surface area (Å²) in [4.78, 5) is 7.89. The van der Waals surface area contributed by atoms with Crippen molar-refractivity contribution in [2.24, 2.45) is 0 Å². The smallest absolute Gasteiger partial charge is 0.163 e. The van der Waals surface area contributed by atoms with Crippen LogP contribution in [0.25, 0.3) is 11.0 Å². The van der Waals surface area contributed by atoms with E-state index in [1.165, 1.54) is 0 Å². The number of aromatic nitrogens is 2. The number of imidazole rings is 1. The molecule has 0 aliphatic rings. The lowest BCUT2D eigenvalue weighted by Crippen LogP contribution is -1.92. The molecule has 1 aromatic heterocycles. The number of fused-ring (bicyclic) bond motifs is 1. The predicted octanol–water partition coefficient (Wildman–Crippen LogP) is 2.75. The number of benzene rings is 2. The lowest BCUT2D eigenvalue weighted by Gasteiger charge is -2.06. The van der Waals surface area contributed by atoms with E-state index in [2.05, 4.69) is 9.97 Å². The van der Waals surface area contributed by atoms with Crippen LogP contribution in [0.2, 0.25) is 0 Å². The standard InChI is InChI=1S/C16H17N3O2/c1-20-14-8-12-13(9-15(14)21-2)19-16(18-12)7-10-4-3-5-11(17)6-10/h3-6,8-9H,7,17H2,1-2H3,(H,18,19). The highest BCUT2D eigenvalue weighted by molar-refractivity contribution is 5.79. The molecule has 0 amide bonds. The number of nitrogens with zero attached hydrogens (tertiary/aromatic N) is 1. The predicted molar refractivity (Wildman–Crippen MR) is 82.9 cm³/mol. The third kappa shape index (κ3) is 2.63. The van der Waals surface area contributed by atoms with Crippen LogP contribution in [0.3, 0.4) is 0 Å². The Kier molecular flexibility index (Phi) is 3.39. The second kappa shape index (κ2) is 5.36. The van der Waals surface area contributed by atoms with Gasteiger partial charge in [0, 0.05) is 24.2 Å². The summed E-state index contributed by atoms with van der Waals surface area (Å²) in [6, 6.07) is 11.6. The number of nitrogens with two attached hydrogens (primary N) is 1. The molecule has 5 heteroatoms. The molecule has 21 heavy (non-hydrogen) atoms. The van der Waals surface area contributed by atoms with Crippen LogP contribution < -0.4 is 15.2 Å². The van der Waals surface area contributed by atoms with E-state index in [1.807, 2.05) is 36.4 Å². The topological polar surface area (TPSA) is 73.2 Å². The van der Waals surface area contributed by atoms with E-state index >= 15 is 0 Å². The third-order valence-electron chi connectivity index (χ3n) is 3.36. The summed E-state index contributed by atoms with van der Waals surface area (Å²) < 4.78 is 10.6. The molecule has 1 heterocycles. The maximum atomic E-state index is 5.80. The van der Waals surface area contributed by atoms with Gasteiger partial charge in [0.15, 0.2) is 11.5 Å². The summed E-state index contributed by atoms with van der Waals surface area (Å²) in [7, 11) is 3.23. The maximum Gasteiger partial charge on any atom is 0.163 e. The van der Waals surface area contributed by atoms with Crippen molar-refractivity contribution in [1.82, 2.24) is 9.97 Å². The molecule has 0 spiro atoms. The Bertz CT molecular complexity index is 739. The average molecular weight is 283 g/mol. The number of anilines is 1. The van der Waals surface area contributed by atoms with Gasteiger partial charge in [-0.25, -0.2) is 4.98 Å². The molecule has 0 aliphatic heterocycles. The van der Waals surface area contributed by atoms with Gasteiger partial charge in [0.1, 0.15) is 5.82 Å². The number of H-pyrrole nitrogens is 1. The number of aromatic amines is 1. The largest absolute Gasteiger partial charge is 0.493 e. The molecule has 2 aromatic carbocycles. The van der Waals surface area contributed by atoms with E-state index in [0.29, 0.717) is 17.9 Å². The van der Waals surface area contributed by atoms with E-state index in [-0.39, 0.29) is 0 Å². The van der Waals surface area contributed by atoms with Gasteiger partial charge in [-0.2, -0.15) is 0 Å². The van der Waals surface area contributed by atoms with Crippen LogP contribution in [0.15, 0.2) is 36.4 Å². The normalized spacial score (nSPS) is 10.8. The van der Waals surface area contributed by atoms with Gasteiger partial charge in [-0.3, -0.25) is 0 Å². The zero-order valence-electron chi connectivity index (χ0n) is 12.0. The molecule has 5 nitrogen and oxygen atoms in total. The molecule has 0 radical (unpaired) electrons. The molecule has 3 aromatic rings. The maximum absolute atomic E-state index is 5.80. The van der Waals surface area contributed by atoms with Crippen LogP contribution in [0, 0.1) is 0 Å². The van der Waals surface area contributed by atoms with E-state index in [4.69, 9.17) is 15.2 Å². The minimum Gasteiger partial charge on any atom is -0.493 e. The van der Waals surface area contributed by atoms with Gasteiger partial charge < -0.3 is 20.2 Å². The summed E-state index contributed by atoms with van der Waals surface area (Å²) in [6.07, 6.45) is 0.699. The van der Waals surface area contributed by atoms with Gasteiger partial charge in [-0.1, -0.05) is 12.1 Å². The minimum absolute atomic E-state index is 0.673. The van der Waals surface area contributed by atoms with Crippen LogP contribution in [0.1, 0.15) is 11.4 Å². The lowest BCUT2D eigenvalue weighted by molar-refractivity contribution is 0.356. The fourth-order valence-electron chi connectivity index (χ4n) is 2.37. The molecular weight excluding hydrogens is 266 g/mol. The number of hydrogen-bond donors (Lipinski definition) is 2. The van der Waals surface area contributed by atoms with Crippen molar-refractivity contribution in [2.45, 2.75) is 6.42 Å². The minimum atomic E-state index is 0.673. The van der Waals surface area contributed by atoms with Gasteiger partial charge in [-0.05, 0) is 17.7 Å². The molecule has 108 valence electrons. The fourth-order valence-corrected chi connectivity index (χ4v) is 2.37. The number of ether oxygens (including phenoxy) is 2. The SMILES string of the molecule is COc1cc2nc(Cc3cccc(N)c3)[nH]c2cc1OC. The van der Waals surface area contributed by atoms with Crippen molar-refractivity contribution in [3.05, 3.63) is 47.8 Å². The first kappa shape index (κ1) is 13.3. The Morgan fingerprint density at radius 1 is 1.10 bits per heavy atom. The van der Waals surface area contributed by atoms with Crippen LogP contribution >= 0.6 is 0 Å². The quantitative estimate of drug-likeness (QED) is 0.722. The molecule has 0 unspecified atom stereocenters. The molecule has 3 rings (SSSR count). The van der Waals surface area contributed by atoms with E-state index in [0.717, 1.165) is 28.1 Å². The van der Waals surface area contributed by atoms with Crippen molar-refractivity contribution in [3.8, 4) is 11.5 Å². The van der Waals surface area contributed by atoms with Crippen molar-refractivity contribution in [1.29, 1.82) is 0 Å². The van der Waals surface area contributed by atoms with Gasteiger partial charge in [0.25, 0.3) is 0 Å². The Balaban J connectivity index is 1.97. The lowest BCUT2D eigenvalue weighted by atomic mass is 10.1. The first-order valence-corrected chi connectivity index (χ1v) is 6.64. The van der Waals surface area contributed by atoms with Crippen molar-refractivity contribution in [2.75, 3.05) is 20.0 Å². The van der Waals surface area contributed by atoms with Gasteiger partial charge in [0.05, 0.1) is 25.3 Å². The van der Waals surface area contributed by atoms with Crippen molar-refractivity contribution >= 4 is 16.7 Å². The molecule has 0 aliphatic carbocycles. The fraction of sp³-hybridized carbons (Fsp3) is 0.188. The summed E-state index contributed by atoms with van der Waals surface area (Å²) >= 11 is 0. The van der Waals surface area contributed by atoms with Gasteiger partial charge in [-0.15, -0.1) is 0 Å². The number of nitrogens with one attached hydrogen (secondary N) is 1. The second-order valence-corrected chi connectivity index (χ2v) is 4.83. The van der Waals surface area contributed by atoms with Crippen LogP contribution in [0.5, 0.6) is 11.5 Å². The molecule has 3 N–H and O–H groups in total. The molecule has 0 atom stereocenters. The number of methoxy groups -OCH3 is 2. The Labute approximate surface area is 122 Å². The summed E-state index contributed by atoms with van der Waals surface area (Å²) in [6.45, 7) is 0. The second-order valence-electron chi connectivity index (χ2n) is 4.83. The van der Waals surface area contributed by atoms with Gasteiger partial charge >= 0.3 is 0 Å². The zero-order chi connectivity index (χ0) is 14.8. The van der Waals surface area contributed by atoms with Crippen LogP contribution in [-0.4, -0.2) is 24.2 Å². The first-order valence-electron chi connectivity index (χ1n) is 6.64. The number of rotatable bonds is 4. The van der Waals surface area contributed by atoms with Crippen molar-refractivity contribution < 1.29 is 9.47 Å². The van der Waals surface area contributed by atoms with Crippen molar-refractivity contribution in [3.63, 3.8) is 0 Å². The van der Waals surface area contributed by atoms with E-state index in [1.54, 1.807) is 14.2 Å². The number of nitrogen functional groups attached to an aromatic ring is 1. The van der Waals surface area contributed by atoms with E-state index < -0.39 is 0 Å². The monoisotopic (exact) mass is 283 g/mol. The van der Waals surface area contributed by atoms with Gasteiger partial charge in [0.2, 0.25) is 0 Å². The molecule has 0 saturated heterocycles. The molecule has 0 bridgehead atoms. The molecular formula is C16H17N3O2. The Hall–Kier alpha value is -2.69. The molecule has 0 fully saturated rings. The third-order valence-corrected chi connectivity index (χ3v) is 3.36. The average Bonchev–Trinajstić information content (AvgIpc) is 2.86. The highest BCUT2D eigenvalue weighted by Crippen LogP contribution is 2.31. The highest BCUT2D eigenvalue weighted by atomic mass is 16.5. The summed E-state index contributed by atoms with van der Waals surface area (Å²) in [5.41, 5.74) is 9.45. The molecule has 0 saturated carbocycles. The first-order chi connectivity index (χ1) is 10.2. The van der Waals surface area contributed by atoms with E-state index in [9.17, 15) is 0 Å². The number of hydrogen-bond acceptors (Lipinski definition) is 4. The Morgan fingerprint density at radius 2 is 1.86 bits per heavy atom. The highest BCUT2D eigenvalue weighted by Gasteiger charge is 2.10.